The number of rotatable bonds is 9. The number of hydrogen-bond acceptors (Lipinski definition) is 5. The van der Waals surface area contributed by atoms with Crippen LogP contribution in [-0.4, -0.2) is 27.8 Å². The van der Waals surface area contributed by atoms with Crippen molar-refractivity contribution < 1.29 is 9.53 Å². The van der Waals surface area contributed by atoms with E-state index in [4.69, 9.17) is 15.5 Å². The number of carbonyl (C=O) groups is 1. The van der Waals surface area contributed by atoms with Gasteiger partial charge in [-0.15, -0.1) is 24.8 Å². The van der Waals surface area contributed by atoms with Crippen LogP contribution in [0.2, 0.25) is 0 Å². The van der Waals surface area contributed by atoms with Gasteiger partial charge in [0.05, 0.1) is 31.2 Å². The Bertz CT molecular complexity index is 1390. The highest BCUT2D eigenvalue weighted by atomic mass is 35.5. The summed E-state index contributed by atoms with van der Waals surface area (Å²) in [6.07, 6.45) is 2.54. The third-order valence-electron chi connectivity index (χ3n) is 6.30. The van der Waals surface area contributed by atoms with Crippen molar-refractivity contribution in [2.75, 3.05) is 12.4 Å². The number of nitrogens with two attached hydrogens (primary N) is 1. The maximum absolute atomic E-state index is 13.6. The summed E-state index contributed by atoms with van der Waals surface area (Å²) in [5.41, 5.74) is 13.9. The van der Waals surface area contributed by atoms with Crippen LogP contribution in [0.3, 0.4) is 0 Å². The summed E-state index contributed by atoms with van der Waals surface area (Å²) in [6.45, 7) is 9.14. The third-order valence-corrected chi connectivity index (χ3v) is 6.30. The van der Waals surface area contributed by atoms with Crippen molar-refractivity contribution in [3.63, 3.8) is 0 Å². The average molecular weight is 571 g/mol. The van der Waals surface area contributed by atoms with Crippen LogP contribution in [0.5, 0.6) is 5.75 Å². The van der Waals surface area contributed by atoms with Crippen molar-refractivity contribution in [1.82, 2.24) is 14.8 Å². The number of amides is 1. The number of aryl methyl sites for hydroxylation is 2. The van der Waals surface area contributed by atoms with Gasteiger partial charge < -0.3 is 15.8 Å². The van der Waals surface area contributed by atoms with E-state index in [0.29, 0.717) is 30.4 Å². The Hall–Kier alpha value is -3.39. The second-order valence-corrected chi connectivity index (χ2v) is 9.72. The molecule has 2 heterocycles. The largest absolute Gasteiger partial charge is 0.493 e. The zero-order chi connectivity index (χ0) is 26.5. The molecule has 0 aliphatic carbocycles. The molecule has 0 aliphatic rings. The maximum atomic E-state index is 13.6. The van der Waals surface area contributed by atoms with E-state index < -0.39 is 0 Å². The van der Waals surface area contributed by atoms with E-state index in [1.807, 2.05) is 37.3 Å². The first-order valence-corrected chi connectivity index (χ1v) is 12.6. The molecule has 0 fully saturated rings. The molecule has 0 aliphatic heterocycles. The normalized spacial score (nSPS) is 10.5. The van der Waals surface area contributed by atoms with Crippen LogP contribution in [0.25, 0.3) is 11.1 Å². The monoisotopic (exact) mass is 569 g/mol. The van der Waals surface area contributed by atoms with Crippen molar-refractivity contribution in [1.29, 1.82) is 0 Å². The average Bonchev–Trinajstić information content (AvgIpc) is 3.29. The Morgan fingerprint density at radius 1 is 1.05 bits per heavy atom. The van der Waals surface area contributed by atoms with Gasteiger partial charge in [-0.2, -0.15) is 5.10 Å². The lowest BCUT2D eigenvalue weighted by atomic mass is 9.92. The summed E-state index contributed by atoms with van der Waals surface area (Å²) in [7, 11) is 1.54. The fraction of sp³-hybridized carbons (Fsp3) is 0.300. The number of halogens is 2. The van der Waals surface area contributed by atoms with Gasteiger partial charge in [0, 0.05) is 17.8 Å². The first-order valence-electron chi connectivity index (χ1n) is 12.6. The van der Waals surface area contributed by atoms with Gasteiger partial charge in [0.25, 0.3) is 5.91 Å². The highest BCUT2D eigenvalue weighted by Crippen LogP contribution is 2.36. The molecule has 0 bridgehead atoms. The van der Waals surface area contributed by atoms with Crippen molar-refractivity contribution in [3.8, 4) is 16.9 Å². The van der Waals surface area contributed by atoms with Crippen molar-refractivity contribution >= 4 is 36.4 Å². The van der Waals surface area contributed by atoms with Crippen molar-refractivity contribution in [3.05, 3.63) is 94.6 Å². The fourth-order valence-corrected chi connectivity index (χ4v) is 4.50. The van der Waals surface area contributed by atoms with E-state index in [2.05, 4.69) is 55.5 Å². The number of ether oxygens (including phenoxy) is 1. The molecule has 39 heavy (non-hydrogen) atoms. The molecule has 0 saturated carbocycles. The summed E-state index contributed by atoms with van der Waals surface area (Å²) in [5, 5.41) is 7.65. The Balaban J connectivity index is 0.00000267. The molecular formula is C30H37Cl2N5O2. The molecule has 3 N–H and O–H groups in total. The first kappa shape index (κ1) is 31.8. The molecule has 0 saturated heterocycles. The summed E-state index contributed by atoms with van der Waals surface area (Å²) >= 11 is 0. The highest BCUT2D eigenvalue weighted by molar-refractivity contribution is 6.07. The molecule has 0 atom stereocenters. The van der Waals surface area contributed by atoms with Gasteiger partial charge in [0.2, 0.25) is 0 Å². The van der Waals surface area contributed by atoms with E-state index in [-0.39, 0.29) is 36.4 Å². The van der Waals surface area contributed by atoms with Crippen LogP contribution in [0.15, 0.2) is 60.8 Å². The Morgan fingerprint density at radius 3 is 2.31 bits per heavy atom. The number of hydrogen-bond donors (Lipinski definition) is 2. The standard InChI is InChI=1S/C30H35N5O2.2ClH/c1-19(2)15-25-24(16-31)27(23-13-11-20(3)12-14-23)28(21(4)32-25)33-30(36)29-26(37-5)18-35(34-29)17-22-9-7-6-8-10-22;;/h6-14,18-19H,15-17,31H2,1-5H3,(H,33,36);2*1H. The van der Waals surface area contributed by atoms with Crippen molar-refractivity contribution in [2.24, 2.45) is 11.7 Å². The highest BCUT2D eigenvalue weighted by Gasteiger charge is 2.24. The molecule has 2 aromatic heterocycles. The molecule has 2 aromatic carbocycles. The zero-order valence-electron chi connectivity index (χ0n) is 23.0. The van der Waals surface area contributed by atoms with Crippen LogP contribution in [0.1, 0.15) is 52.4 Å². The summed E-state index contributed by atoms with van der Waals surface area (Å²) < 4.78 is 7.22. The lowest BCUT2D eigenvalue weighted by molar-refractivity contribution is 0.101. The number of benzene rings is 2. The summed E-state index contributed by atoms with van der Waals surface area (Å²) in [4.78, 5) is 18.5. The fourth-order valence-electron chi connectivity index (χ4n) is 4.50. The number of nitrogens with one attached hydrogen (secondary N) is 1. The molecule has 7 nitrogen and oxygen atoms in total. The quantitative estimate of drug-likeness (QED) is 0.244. The van der Waals surface area contributed by atoms with Gasteiger partial charge in [0.1, 0.15) is 0 Å². The molecule has 1 amide bonds. The van der Waals surface area contributed by atoms with E-state index in [9.17, 15) is 4.79 Å². The molecule has 208 valence electrons. The molecular weight excluding hydrogens is 533 g/mol. The minimum Gasteiger partial charge on any atom is -0.493 e. The minimum absolute atomic E-state index is 0. The van der Waals surface area contributed by atoms with Gasteiger partial charge in [-0.25, -0.2) is 0 Å². The number of aromatic nitrogens is 3. The predicted octanol–water partition coefficient (Wildman–Crippen LogP) is 6.37. The molecule has 0 spiro atoms. The minimum atomic E-state index is -0.360. The number of anilines is 1. The number of carbonyl (C=O) groups excluding carboxylic acids is 1. The van der Waals surface area contributed by atoms with Crippen LogP contribution in [-0.2, 0) is 19.5 Å². The second-order valence-electron chi connectivity index (χ2n) is 9.72. The van der Waals surface area contributed by atoms with E-state index in [1.165, 1.54) is 0 Å². The Morgan fingerprint density at radius 2 is 1.72 bits per heavy atom. The molecule has 0 radical (unpaired) electrons. The van der Waals surface area contributed by atoms with Crippen LogP contribution in [0.4, 0.5) is 5.69 Å². The lowest BCUT2D eigenvalue weighted by Crippen LogP contribution is -2.19. The molecule has 9 heteroatoms. The number of nitrogens with zero attached hydrogens (tertiary/aromatic N) is 3. The number of pyridine rings is 1. The lowest BCUT2D eigenvalue weighted by Gasteiger charge is -2.21. The van der Waals surface area contributed by atoms with Gasteiger partial charge in [-0.1, -0.05) is 74.0 Å². The van der Waals surface area contributed by atoms with E-state index in [1.54, 1.807) is 18.0 Å². The van der Waals surface area contributed by atoms with Crippen molar-refractivity contribution in [2.45, 2.75) is 47.2 Å². The second kappa shape index (κ2) is 14.1. The van der Waals surface area contributed by atoms with Crippen LogP contribution >= 0.6 is 24.8 Å². The predicted molar refractivity (Wildman–Crippen MR) is 162 cm³/mol. The molecule has 0 unspecified atom stereocenters. The summed E-state index contributed by atoms with van der Waals surface area (Å²) in [5.74, 6) is 0.467. The van der Waals surface area contributed by atoms with Gasteiger partial charge >= 0.3 is 0 Å². The van der Waals surface area contributed by atoms with Gasteiger partial charge in [-0.05, 0) is 42.9 Å². The SMILES string of the molecule is COc1cn(Cc2ccccc2)nc1C(=O)Nc1c(C)nc(CC(C)C)c(CN)c1-c1ccc(C)cc1.Cl.Cl. The smallest absolute Gasteiger partial charge is 0.280 e. The number of methoxy groups -OCH3 is 1. The van der Waals surface area contributed by atoms with E-state index >= 15 is 0 Å². The maximum Gasteiger partial charge on any atom is 0.280 e. The topological polar surface area (TPSA) is 95.1 Å². The molecule has 4 rings (SSSR count). The Labute approximate surface area is 243 Å². The third kappa shape index (κ3) is 7.38. The molecule has 4 aromatic rings. The van der Waals surface area contributed by atoms with E-state index in [0.717, 1.165) is 45.6 Å². The Kier molecular flexibility index (Phi) is 11.5. The summed E-state index contributed by atoms with van der Waals surface area (Å²) in [6, 6.07) is 18.2. The van der Waals surface area contributed by atoms with Crippen LogP contribution < -0.4 is 15.8 Å². The zero-order valence-corrected chi connectivity index (χ0v) is 24.7. The first-order chi connectivity index (χ1) is 17.8. The van der Waals surface area contributed by atoms with Gasteiger partial charge in [-0.3, -0.25) is 14.5 Å². The van der Waals surface area contributed by atoms with Crippen LogP contribution in [0, 0.1) is 19.8 Å². The van der Waals surface area contributed by atoms with Gasteiger partial charge in [0.15, 0.2) is 11.4 Å².